The Morgan fingerprint density at radius 1 is 0.818 bits per heavy atom. The van der Waals surface area contributed by atoms with E-state index in [4.69, 9.17) is 18.9 Å². The number of carbonyl (C=O) groups is 2. The highest BCUT2D eigenvalue weighted by Gasteiger charge is 2.18. The number of hydrogen-bond donors (Lipinski definition) is 0. The van der Waals surface area contributed by atoms with Crippen molar-refractivity contribution in [2.24, 2.45) is 0 Å². The number of esters is 2. The molecule has 0 radical (unpaired) electrons. The van der Waals surface area contributed by atoms with Crippen LogP contribution in [0.1, 0.15) is 51.4 Å². The molecule has 6 heteroatoms. The van der Waals surface area contributed by atoms with Crippen LogP contribution in [0, 0.1) is 0 Å². The van der Waals surface area contributed by atoms with Crippen LogP contribution in [0.2, 0.25) is 0 Å². The van der Waals surface area contributed by atoms with Crippen molar-refractivity contribution in [3.05, 3.63) is 0 Å². The summed E-state index contributed by atoms with van der Waals surface area (Å²) in [6.07, 6.45) is 6.09. The van der Waals surface area contributed by atoms with Crippen molar-refractivity contribution >= 4 is 11.9 Å². The fourth-order valence-electron chi connectivity index (χ4n) is 2.61. The quantitative estimate of drug-likeness (QED) is 0.479. The van der Waals surface area contributed by atoms with Crippen LogP contribution < -0.4 is 0 Å². The minimum absolute atomic E-state index is 0.0664. The second-order valence-electron chi connectivity index (χ2n) is 5.84. The lowest BCUT2D eigenvalue weighted by atomic mass is 10.2. The van der Waals surface area contributed by atoms with Gasteiger partial charge in [0, 0.05) is 26.1 Å². The van der Waals surface area contributed by atoms with E-state index in [-0.39, 0.29) is 24.1 Å². The van der Waals surface area contributed by atoms with Crippen LogP contribution >= 0.6 is 0 Å². The Morgan fingerprint density at radius 3 is 1.64 bits per heavy atom. The number of ether oxygens (including phenoxy) is 4. The Bertz CT molecular complexity index is 311. The topological polar surface area (TPSA) is 71.1 Å². The first-order valence-corrected chi connectivity index (χ1v) is 8.28. The molecule has 2 aliphatic heterocycles. The summed E-state index contributed by atoms with van der Waals surface area (Å²) in [5.41, 5.74) is 0. The van der Waals surface area contributed by atoms with E-state index in [1.807, 2.05) is 0 Å². The second-order valence-corrected chi connectivity index (χ2v) is 5.84. The van der Waals surface area contributed by atoms with Crippen molar-refractivity contribution in [2.75, 3.05) is 26.4 Å². The van der Waals surface area contributed by atoms with Crippen molar-refractivity contribution in [1.29, 1.82) is 0 Å². The fraction of sp³-hybridized carbons (Fsp3) is 0.875. The first-order valence-electron chi connectivity index (χ1n) is 8.28. The molecule has 2 saturated heterocycles. The molecule has 2 fully saturated rings. The summed E-state index contributed by atoms with van der Waals surface area (Å²) >= 11 is 0. The summed E-state index contributed by atoms with van der Waals surface area (Å²) < 4.78 is 21.1. The van der Waals surface area contributed by atoms with Crippen molar-refractivity contribution in [1.82, 2.24) is 0 Å². The molecule has 0 unspecified atom stereocenters. The van der Waals surface area contributed by atoms with Gasteiger partial charge in [-0.2, -0.15) is 0 Å². The van der Waals surface area contributed by atoms with E-state index in [0.717, 1.165) is 38.9 Å². The predicted octanol–water partition coefficient (Wildman–Crippen LogP) is 1.99. The van der Waals surface area contributed by atoms with Crippen LogP contribution in [0.25, 0.3) is 0 Å². The zero-order valence-electron chi connectivity index (χ0n) is 13.1. The van der Waals surface area contributed by atoms with Crippen LogP contribution in [-0.4, -0.2) is 50.6 Å². The molecule has 0 N–H and O–H groups in total. The molecule has 2 rings (SSSR count). The van der Waals surface area contributed by atoms with Gasteiger partial charge >= 0.3 is 11.9 Å². The lowest BCUT2D eigenvalue weighted by molar-refractivity contribution is -0.149. The van der Waals surface area contributed by atoms with Gasteiger partial charge in [0.05, 0.1) is 12.2 Å². The van der Waals surface area contributed by atoms with Crippen LogP contribution in [0.4, 0.5) is 0 Å². The van der Waals surface area contributed by atoms with E-state index in [1.54, 1.807) is 0 Å². The maximum atomic E-state index is 11.5. The Balaban J connectivity index is 1.42. The van der Waals surface area contributed by atoms with E-state index in [0.29, 0.717) is 38.9 Å². The van der Waals surface area contributed by atoms with E-state index < -0.39 is 0 Å². The third kappa shape index (κ3) is 6.75. The fourth-order valence-corrected chi connectivity index (χ4v) is 2.61. The minimum atomic E-state index is -0.219. The molecule has 0 amide bonds. The third-order valence-corrected chi connectivity index (χ3v) is 3.92. The van der Waals surface area contributed by atoms with Crippen LogP contribution in [0.3, 0.4) is 0 Å². The first-order chi connectivity index (χ1) is 10.7. The van der Waals surface area contributed by atoms with E-state index in [9.17, 15) is 9.59 Å². The Morgan fingerprint density at radius 2 is 1.27 bits per heavy atom. The second kappa shape index (κ2) is 9.79. The van der Waals surface area contributed by atoms with E-state index in [1.165, 1.54) is 0 Å². The van der Waals surface area contributed by atoms with Crippen molar-refractivity contribution in [3.8, 4) is 0 Å². The molecule has 2 atom stereocenters. The Kier molecular flexibility index (Phi) is 7.66. The number of unbranched alkanes of at least 4 members (excludes halogenated alkanes) is 1. The van der Waals surface area contributed by atoms with Gasteiger partial charge in [-0.1, -0.05) is 0 Å². The van der Waals surface area contributed by atoms with Gasteiger partial charge in [-0.05, 0) is 38.5 Å². The summed E-state index contributed by atoms with van der Waals surface area (Å²) in [7, 11) is 0. The average Bonchev–Trinajstić information content (AvgIpc) is 3.20. The summed E-state index contributed by atoms with van der Waals surface area (Å²) in [5.74, 6) is -0.438. The summed E-state index contributed by atoms with van der Waals surface area (Å²) in [6.45, 7) is 2.22. The van der Waals surface area contributed by atoms with Gasteiger partial charge in [0.25, 0.3) is 0 Å². The van der Waals surface area contributed by atoms with E-state index in [2.05, 4.69) is 0 Å². The van der Waals surface area contributed by atoms with Crippen LogP contribution in [0.15, 0.2) is 0 Å². The molecule has 0 aromatic heterocycles. The molecule has 0 aliphatic carbocycles. The zero-order valence-corrected chi connectivity index (χ0v) is 13.1. The largest absolute Gasteiger partial charge is 0.463 e. The van der Waals surface area contributed by atoms with Gasteiger partial charge in [0.1, 0.15) is 13.2 Å². The highest BCUT2D eigenvalue weighted by molar-refractivity contribution is 5.70. The molecule has 0 aromatic rings. The predicted molar refractivity (Wildman–Crippen MR) is 78.3 cm³/mol. The average molecular weight is 314 g/mol. The molecule has 0 bridgehead atoms. The standard InChI is InChI=1S/C16H26O6/c17-15(21-11-13-5-3-9-19-13)7-1-2-8-16(18)22-12-14-6-4-10-20-14/h13-14H,1-12H2/t13-,14-/m0/s1. The van der Waals surface area contributed by atoms with Gasteiger partial charge < -0.3 is 18.9 Å². The Hall–Kier alpha value is -1.14. The maximum absolute atomic E-state index is 11.5. The first kappa shape index (κ1) is 17.2. The van der Waals surface area contributed by atoms with Crippen LogP contribution in [-0.2, 0) is 28.5 Å². The van der Waals surface area contributed by atoms with Gasteiger partial charge in [-0.25, -0.2) is 0 Å². The van der Waals surface area contributed by atoms with Gasteiger partial charge in [-0.3, -0.25) is 9.59 Å². The van der Waals surface area contributed by atoms with E-state index >= 15 is 0 Å². The number of hydrogen-bond acceptors (Lipinski definition) is 6. The minimum Gasteiger partial charge on any atom is -0.463 e. The summed E-state index contributed by atoms with van der Waals surface area (Å²) in [5, 5.41) is 0. The molecule has 2 heterocycles. The smallest absolute Gasteiger partial charge is 0.305 e. The molecule has 6 nitrogen and oxygen atoms in total. The molecule has 0 spiro atoms. The van der Waals surface area contributed by atoms with Gasteiger partial charge in [0.2, 0.25) is 0 Å². The molecular formula is C16H26O6. The molecule has 2 aliphatic rings. The molecule has 126 valence electrons. The van der Waals surface area contributed by atoms with Crippen molar-refractivity contribution in [2.45, 2.75) is 63.6 Å². The molecule has 22 heavy (non-hydrogen) atoms. The lowest BCUT2D eigenvalue weighted by Gasteiger charge is -2.11. The SMILES string of the molecule is O=C(CCCCC(=O)OC[C@@H]1CCCO1)OC[C@@H]1CCCO1. The molecular weight excluding hydrogens is 288 g/mol. The van der Waals surface area contributed by atoms with Crippen LogP contribution in [0.5, 0.6) is 0 Å². The van der Waals surface area contributed by atoms with Crippen molar-refractivity contribution < 1.29 is 28.5 Å². The lowest BCUT2D eigenvalue weighted by Crippen LogP contribution is -2.18. The highest BCUT2D eigenvalue weighted by Crippen LogP contribution is 2.14. The monoisotopic (exact) mass is 314 g/mol. The maximum Gasteiger partial charge on any atom is 0.305 e. The van der Waals surface area contributed by atoms with Gasteiger partial charge in [0.15, 0.2) is 0 Å². The normalized spacial score (nSPS) is 24.4. The summed E-state index contributed by atoms with van der Waals surface area (Å²) in [6, 6.07) is 0. The highest BCUT2D eigenvalue weighted by atomic mass is 16.6. The van der Waals surface area contributed by atoms with Gasteiger partial charge in [-0.15, -0.1) is 0 Å². The molecule has 0 saturated carbocycles. The zero-order chi connectivity index (χ0) is 15.6. The number of rotatable bonds is 9. The number of carbonyl (C=O) groups excluding carboxylic acids is 2. The summed E-state index contributed by atoms with van der Waals surface area (Å²) in [4.78, 5) is 23.1. The third-order valence-electron chi connectivity index (χ3n) is 3.92. The molecule has 0 aromatic carbocycles. The van der Waals surface area contributed by atoms with Crippen molar-refractivity contribution in [3.63, 3.8) is 0 Å². The Labute approximate surface area is 131 Å².